The molecule has 0 spiro atoms. The minimum absolute atomic E-state index is 0.178. The number of hydrogen-bond donors (Lipinski definition) is 3. The molecule has 0 aromatic carbocycles. The standard InChI is InChI=1S/C11H19N5O2S/c1-13-10(18)8-9(12)14-19-11(8)16-4-2-15(3-5-16)6-7-17/h17H,2-7H2,1H3,(H2,12,14)(H,13,18). The lowest BCUT2D eigenvalue weighted by Gasteiger charge is -2.35. The molecular weight excluding hydrogens is 266 g/mol. The zero-order chi connectivity index (χ0) is 13.8. The fraction of sp³-hybridized carbons (Fsp3) is 0.636. The Balaban J connectivity index is 2.09. The number of carbonyl (C=O) groups excluding carboxylic acids is 1. The van der Waals surface area contributed by atoms with Crippen LogP contribution in [0.25, 0.3) is 0 Å². The molecule has 2 rings (SSSR count). The Hall–Kier alpha value is -1.38. The number of aromatic nitrogens is 1. The molecule has 2 heterocycles. The van der Waals surface area contributed by atoms with Crippen molar-refractivity contribution in [3.63, 3.8) is 0 Å². The van der Waals surface area contributed by atoms with Crippen LogP contribution in [-0.4, -0.2) is 66.7 Å². The van der Waals surface area contributed by atoms with Gasteiger partial charge in [0, 0.05) is 39.8 Å². The van der Waals surface area contributed by atoms with Gasteiger partial charge in [0.05, 0.1) is 6.61 Å². The van der Waals surface area contributed by atoms with Crippen molar-refractivity contribution in [2.75, 3.05) is 57.0 Å². The second-order valence-electron chi connectivity index (χ2n) is 4.38. The maximum absolute atomic E-state index is 11.8. The molecule has 0 saturated carbocycles. The molecule has 1 fully saturated rings. The number of nitrogens with two attached hydrogens (primary N) is 1. The lowest BCUT2D eigenvalue weighted by Crippen LogP contribution is -2.47. The number of nitrogens with zero attached hydrogens (tertiary/aromatic N) is 3. The highest BCUT2D eigenvalue weighted by Crippen LogP contribution is 2.31. The average Bonchev–Trinajstić information content (AvgIpc) is 2.81. The third kappa shape index (κ3) is 2.96. The van der Waals surface area contributed by atoms with Crippen LogP contribution >= 0.6 is 11.5 Å². The normalized spacial score (nSPS) is 16.6. The van der Waals surface area contributed by atoms with Gasteiger partial charge in [0.1, 0.15) is 10.6 Å². The Morgan fingerprint density at radius 3 is 2.74 bits per heavy atom. The molecule has 0 bridgehead atoms. The van der Waals surface area contributed by atoms with Gasteiger partial charge in [-0.2, -0.15) is 4.37 Å². The van der Waals surface area contributed by atoms with E-state index in [2.05, 4.69) is 19.5 Å². The number of carbonyl (C=O) groups is 1. The van der Waals surface area contributed by atoms with Gasteiger partial charge in [-0.15, -0.1) is 0 Å². The Morgan fingerprint density at radius 1 is 1.47 bits per heavy atom. The predicted octanol–water partition coefficient (Wildman–Crippen LogP) is -0.801. The van der Waals surface area contributed by atoms with Crippen molar-refractivity contribution in [2.45, 2.75) is 0 Å². The van der Waals surface area contributed by atoms with Crippen LogP contribution in [0.5, 0.6) is 0 Å². The SMILES string of the molecule is CNC(=O)c1c(N)nsc1N1CCN(CCO)CC1. The molecule has 1 aliphatic rings. The first-order chi connectivity index (χ1) is 9.17. The number of rotatable bonds is 4. The van der Waals surface area contributed by atoms with Crippen molar-refractivity contribution < 1.29 is 9.90 Å². The minimum atomic E-state index is -0.195. The Morgan fingerprint density at radius 2 is 2.16 bits per heavy atom. The number of nitrogen functional groups attached to an aromatic ring is 1. The Kier molecular flexibility index (Phi) is 4.56. The Bertz CT molecular complexity index is 442. The fourth-order valence-electron chi connectivity index (χ4n) is 2.16. The second-order valence-corrected chi connectivity index (χ2v) is 5.13. The van der Waals surface area contributed by atoms with Crippen molar-refractivity contribution >= 4 is 28.3 Å². The van der Waals surface area contributed by atoms with Crippen molar-refractivity contribution in [2.24, 2.45) is 0 Å². The number of piperazine rings is 1. The molecule has 1 saturated heterocycles. The average molecular weight is 285 g/mol. The summed E-state index contributed by atoms with van der Waals surface area (Å²) in [5.41, 5.74) is 6.24. The third-order valence-electron chi connectivity index (χ3n) is 3.23. The van der Waals surface area contributed by atoms with E-state index in [1.807, 2.05) is 0 Å². The molecule has 1 aromatic heterocycles. The zero-order valence-corrected chi connectivity index (χ0v) is 11.7. The first kappa shape index (κ1) is 14.0. The summed E-state index contributed by atoms with van der Waals surface area (Å²) >= 11 is 1.26. The lowest BCUT2D eigenvalue weighted by atomic mass is 10.2. The topological polar surface area (TPSA) is 94.7 Å². The van der Waals surface area contributed by atoms with Crippen LogP contribution in [0, 0.1) is 0 Å². The molecule has 19 heavy (non-hydrogen) atoms. The quantitative estimate of drug-likeness (QED) is 0.670. The van der Waals surface area contributed by atoms with E-state index in [1.54, 1.807) is 7.05 Å². The van der Waals surface area contributed by atoms with E-state index in [4.69, 9.17) is 10.8 Å². The predicted molar refractivity (Wildman–Crippen MR) is 75.7 cm³/mol. The summed E-state index contributed by atoms with van der Waals surface area (Å²) in [4.78, 5) is 16.2. The summed E-state index contributed by atoms with van der Waals surface area (Å²) in [5.74, 6) is 0.0937. The lowest BCUT2D eigenvalue weighted by molar-refractivity contribution is 0.0964. The molecule has 0 aliphatic carbocycles. The summed E-state index contributed by atoms with van der Waals surface area (Å²) in [6.07, 6.45) is 0. The highest BCUT2D eigenvalue weighted by Gasteiger charge is 2.25. The maximum atomic E-state index is 11.8. The first-order valence-electron chi connectivity index (χ1n) is 6.22. The van der Waals surface area contributed by atoms with Crippen LogP contribution < -0.4 is 16.0 Å². The van der Waals surface area contributed by atoms with Gasteiger partial charge < -0.3 is 21.1 Å². The number of hydrogen-bond acceptors (Lipinski definition) is 7. The number of nitrogens with one attached hydrogen (secondary N) is 1. The van der Waals surface area contributed by atoms with Crippen LogP contribution in [0.3, 0.4) is 0 Å². The molecule has 4 N–H and O–H groups in total. The largest absolute Gasteiger partial charge is 0.395 e. The highest BCUT2D eigenvalue weighted by molar-refractivity contribution is 7.11. The number of aliphatic hydroxyl groups excluding tert-OH is 1. The van der Waals surface area contributed by atoms with Gasteiger partial charge in [-0.1, -0.05) is 0 Å². The molecule has 0 radical (unpaired) electrons. The molecule has 7 nitrogen and oxygen atoms in total. The molecule has 8 heteroatoms. The second kappa shape index (κ2) is 6.18. The summed E-state index contributed by atoms with van der Waals surface area (Å²) < 4.78 is 4.08. The van der Waals surface area contributed by atoms with E-state index in [1.165, 1.54) is 11.5 Å². The maximum Gasteiger partial charge on any atom is 0.257 e. The minimum Gasteiger partial charge on any atom is -0.395 e. The van der Waals surface area contributed by atoms with Gasteiger partial charge in [-0.25, -0.2) is 0 Å². The zero-order valence-electron chi connectivity index (χ0n) is 10.9. The van der Waals surface area contributed by atoms with Crippen molar-refractivity contribution in [3.8, 4) is 0 Å². The van der Waals surface area contributed by atoms with Crippen molar-refractivity contribution in [1.82, 2.24) is 14.6 Å². The summed E-state index contributed by atoms with van der Waals surface area (Å²) in [6, 6.07) is 0. The van der Waals surface area contributed by atoms with E-state index in [0.29, 0.717) is 12.1 Å². The van der Waals surface area contributed by atoms with Gasteiger partial charge >= 0.3 is 0 Å². The van der Waals surface area contributed by atoms with Gasteiger partial charge in [0.25, 0.3) is 5.91 Å². The number of anilines is 2. The van der Waals surface area contributed by atoms with Crippen LogP contribution in [0.15, 0.2) is 0 Å². The monoisotopic (exact) mass is 285 g/mol. The van der Waals surface area contributed by atoms with Gasteiger partial charge in [-0.05, 0) is 11.5 Å². The molecule has 0 unspecified atom stereocenters. The van der Waals surface area contributed by atoms with Gasteiger partial charge in [-0.3, -0.25) is 9.69 Å². The number of aliphatic hydroxyl groups is 1. The van der Waals surface area contributed by atoms with Gasteiger partial charge in [0.15, 0.2) is 5.82 Å². The summed E-state index contributed by atoms with van der Waals surface area (Å²) in [5, 5.41) is 12.3. The van der Waals surface area contributed by atoms with Crippen LogP contribution in [0.2, 0.25) is 0 Å². The molecule has 1 amide bonds. The molecular formula is C11H19N5O2S. The molecule has 106 valence electrons. The summed E-state index contributed by atoms with van der Waals surface area (Å²) in [7, 11) is 1.59. The molecule has 1 aliphatic heterocycles. The number of amides is 1. The van der Waals surface area contributed by atoms with E-state index >= 15 is 0 Å². The first-order valence-corrected chi connectivity index (χ1v) is 7.00. The van der Waals surface area contributed by atoms with Crippen LogP contribution in [0.4, 0.5) is 10.8 Å². The van der Waals surface area contributed by atoms with E-state index in [9.17, 15) is 4.79 Å². The highest BCUT2D eigenvalue weighted by atomic mass is 32.1. The smallest absolute Gasteiger partial charge is 0.257 e. The summed E-state index contributed by atoms with van der Waals surface area (Å²) in [6.45, 7) is 4.23. The third-order valence-corrected chi connectivity index (χ3v) is 4.15. The Labute approximate surface area is 116 Å². The molecule has 1 aromatic rings. The van der Waals surface area contributed by atoms with Crippen LogP contribution in [-0.2, 0) is 0 Å². The molecule has 0 atom stereocenters. The number of β-amino-alcohol motifs (C(OH)–C–C–N with tert-alkyl or cyclic N) is 1. The van der Waals surface area contributed by atoms with Crippen molar-refractivity contribution in [1.29, 1.82) is 0 Å². The van der Waals surface area contributed by atoms with Crippen molar-refractivity contribution in [3.05, 3.63) is 5.56 Å². The van der Waals surface area contributed by atoms with Gasteiger partial charge in [0.2, 0.25) is 0 Å². The van der Waals surface area contributed by atoms with E-state index in [-0.39, 0.29) is 18.3 Å². The van der Waals surface area contributed by atoms with E-state index < -0.39 is 0 Å². The van der Waals surface area contributed by atoms with E-state index in [0.717, 1.165) is 31.2 Å². The fourth-order valence-corrected chi connectivity index (χ4v) is 3.03. The van der Waals surface area contributed by atoms with Crippen LogP contribution in [0.1, 0.15) is 10.4 Å².